The Bertz CT molecular complexity index is 1420. The second-order valence-electron chi connectivity index (χ2n) is 8.69. The second kappa shape index (κ2) is 8.40. The summed E-state index contributed by atoms with van der Waals surface area (Å²) in [6.07, 6.45) is 4.36. The first-order valence-electron chi connectivity index (χ1n) is 11.0. The molecule has 9 heteroatoms. The summed E-state index contributed by atoms with van der Waals surface area (Å²) in [5, 5.41) is 14.5. The molecule has 0 saturated heterocycles. The first kappa shape index (κ1) is 21.8. The molecule has 0 aliphatic heterocycles. The third-order valence-corrected chi connectivity index (χ3v) is 7.17. The molecule has 1 aliphatic rings. The molecule has 33 heavy (non-hydrogen) atoms. The SMILES string of the molecule is CC(C)n1ccc2cc(-c3nc(-c4cccc5c4CCCC5NS(=O)(=O)CO)no3)ccc21. The van der Waals surface area contributed by atoms with Gasteiger partial charge in [0.2, 0.25) is 15.8 Å². The molecule has 2 N–H and O–H groups in total. The molecule has 172 valence electrons. The van der Waals surface area contributed by atoms with Crippen molar-refractivity contribution in [2.24, 2.45) is 0 Å². The normalized spacial score (nSPS) is 16.4. The average molecular weight is 467 g/mol. The standard InChI is InChI=1S/C24H26N4O4S/c1-15(2)28-12-11-16-13-17(9-10-22(16)28)24-25-23(26-32-24)20-7-3-6-19-18(20)5-4-8-21(19)27-33(30,31)14-29/h3,6-7,9-13,15,21,27,29H,4-5,8,14H2,1-2H3. The molecule has 8 nitrogen and oxygen atoms in total. The van der Waals surface area contributed by atoms with Gasteiger partial charge in [0.05, 0.1) is 0 Å². The lowest BCUT2D eigenvalue weighted by molar-refractivity contribution is 0.353. The van der Waals surface area contributed by atoms with Crippen LogP contribution in [-0.2, 0) is 16.4 Å². The summed E-state index contributed by atoms with van der Waals surface area (Å²) in [6.45, 7) is 4.30. The maximum Gasteiger partial charge on any atom is 0.258 e. The number of hydrogen-bond acceptors (Lipinski definition) is 6. The van der Waals surface area contributed by atoms with Gasteiger partial charge >= 0.3 is 0 Å². The van der Waals surface area contributed by atoms with Crippen LogP contribution < -0.4 is 4.72 Å². The molecular formula is C24H26N4O4S. The van der Waals surface area contributed by atoms with Gasteiger partial charge in [0, 0.05) is 40.3 Å². The fraction of sp³-hybridized carbons (Fsp3) is 0.333. The van der Waals surface area contributed by atoms with Crippen LogP contribution in [0.1, 0.15) is 49.9 Å². The lowest BCUT2D eigenvalue weighted by atomic mass is 9.85. The third kappa shape index (κ3) is 4.07. The number of aliphatic hydroxyl groups is 1. The van der Waals surface area contributed by atoms with E-state index in [0.717, 1.165) is 46.0 Å². The molecule has 0 spiro atoms. The molecule has 0 amide bonds. The van der Waals surface area contributed by atoms with Crippen molar-refractivity contribution in [3.05, 3.63) is 59.8 Å². The first-order valence-corrected chi connectivity index (χ1v) is 12.7. The van der Waals surface area contributed by atoms with E-state index in [1.807, 2.05) is 30.3 Å². The van der Waals surface area contributed by atoms with E-state index in [0.29, 0.717) is 24.2 Å². The Morgan fingerprint density at radius 3 is 2.88 bits per heavy atom. The van der Waals surface area contributed by atoms with Gasteiger partial charge in [-0.1, -0.05) is 23.4 Å². The number of aromatic nitrogens is 3. The van der Waals surface area contributed by atoms with Gasteiger partial charge in [0.25, 0.3) is 5.89 Å². The fourth-order valence-corrected chi connectivity index (χ4v) is 5.38. The second-order valence-corrected chi connectivity index (χ2v) is 10.4. The monoisotopic (exact) mass is 466 g/mol. The number of nitrogens with zero attached hydrogens (tertiary/aromatic N) is 3. The summed E-state index contributed by atoms with van der Waals surface area (Å²) in [4.78, 5) is 4.66. The Morgan fingerprint density at radius 2 is 2.09 bits per heavy atom. The Labute approximate surface area is 192 Å². The van der Waals surface area contributed by atoms with Crippen molar-refractivity contribution < 1.29 is 18.0 Å². The van der Waals surface area contributed by atoms with Crippen LogP contribution in [0.2, 0.25) is 0 Å². The van der Waals surface area contributed by atoms with Gasteiger partial charge in [0.15, 0.2) is 5.94 Å². The first-order chi connectivity index (χ1) is 15.9. The number of aliphatic hydroxyl groups excluding tert-OH is 1. The summed E-state index contributed by atoms with van der Waals surface area (Å²) in [5.74, 6) is -0.0139. The molecule has 1 unspecified atom stereocenters. The van der Waals surface area contributed by atoms with Crippen molar-refractivity contribution in [1.29, 1.82) is 0 Å². The molecule has 0 fully saturated rings. The number of fused-ring (bicyclic) bond motifs is 2. The summed E-state index contributed by atoms with van der Waals surface area (Å²) >= 11 is 0. The highest BCUT2D eigenvalue weighted by Gasteiger charge is 2.27. The van der Waals surface area contributed by atoms with Crippen LogP contribution in [0.25, 0.3) is 33.7 Å². The van der Waals surface area contributed by atoms with E-state index < -0.39 is 16.0 Å². The Balaban J connectivity index is 1.49. The molecule has 2 heterocycles. The van der Waals surface area contributed by atoms with E-state index >= 15 is 0 Å². The van der Waals surface area contributed by atoms with Crippen LogP contribution in [0.3, 0.4) is 0 Å². The van der Waals surface area contributed by atoms with Crippen LogP contribution in [0.15, 0.2) is 53.2 Å². The molecule has 0 radical (unpaired) electrons. The average Bonchev–Trinajstić information content (AvgIpc) is 3.46. The van der Waals surface area contributed by atoms with E-state index in [1.165, 1.54) is 0 Å². The van der Waals surface area contributed by atoms with Gasteiger partial charge in [-0.3, -0.25) is 0 Å². The van der Waals surface area contributed by atoms with Gasteiger partial charge in [-0.25, -0.2) is 13.1 Å². The van der Waals surface area contributed by atoms with Gasteiger partial charge in [-0.15, -0.1) is 0 Å². The lowest BCUT2D eigenvalue weighted by Crippen LogP contribution is -2.32. The van der Waals surface area contributed by atoms with Crippen molar-refractivity contribution in [2.45, 2.75) is 45.2 Å². The third-order valence-electron chi connectivity index (χ3n) is 6.19. The zero-order chi connectivity index (χ0) is 23.2. The molecule has 0 saturated carbocycles. The topological polar surface area (TPSA) is 110 Å². The quantitative estimate of drug-likeness (QED) is 0.441. The molecule has 2 aromatic carbocycles. The van der Waals surface area contributed by atoms with Crippen molar-refractivity contribution in [3.63, 3.8) is 0 Å². The number of rotatable bonds is 6. The van der Waals surface area contributed by atoms with E-state index in [1.54, 1.807) is 0 Å². The van der Waals surface area contributed by atoms with Gasteiger partial charge < -0.3 is 14.2 Å². The molecule has 2 aromatic heterocycles. The fourth-order valence-electron chi connectivity index (χ4n) is 4.63. The minimum absolute atomic E-state index is 0.373. The number of benzene rings is 2. The zero-order valence-electron chi connectivity index (χ0n) is 18.5. The van der Waals surface area contributed by atoms with Gasteiger partial charge in [-0.05, 0) is 68.5 Å². The van der Waals surface area contributed by atoms with Crippen LogP contribution in [0.4, 0.5) is 0 Å². The van der Waals surface area contributed by atoms with Crippen molar-refractivity contribution in [1.82, 2.24) is 19.4 Å². The van der Waals surface area contributed by atoms with Crippen LogP contribution >= 0.6 is 0 Å². The molecule has 1 atom stereocenters. The lowest BCUT2D eigenvalue weighted by Gasteiger charge is -2.27. The van der Waals surface area contributed by atoms with E-state index in [4.69, 9.17) is 9.63 Å². The Kier molecular flexibility index (Phi) is 5.55. The maximum absolute atomic E-state index is 11.9. The highest BCUT2D eigenvalue weighted by atomic mass is 32.2. The van der Waals surface area contributed by atoms with E-state index in [-0.39, 0.29) is 6.04 Å². The van der Waals surface area contributed by atoms with Crippen molar-refractivity contribution in [3.8, 4) is 22.8 Å². The van der Waals surface area contributed by atoms with E-state index in [9.17, 15) is 8.42 Å². The number of sulfonamides is 1. The zero-order valence-corrected chi connectivity index (χ0v) is 19.3. The molecular weight excluding hydrogens is 440 g/mol. The van der Waals surface area contributed by atoms with Crippen LogP contribution in [0, 0.1) is 0 Å². The summed E-state index contributed by atoms with van der Waals surface area (Å²) in [5.41, 5.74) is 4.73. The highest BCUT2D eigenvalue weighted by Crippen LogP contribution is 2.36. The molecule has 0 bridgehead atoms. The number of nitrogens with one attached hydrogen (secondary N) is 1. The Hall–Kier alpha value is -3.01. The minimum atomic E-state index is -3.74. The predicted molar refractivity (Wildman–Crippen MR) is 126 cm³/mol. The van der Waals surface area contributed by atoms with Crippen LogP contribution in [-0.4, -0.2) is 34.2 Å². The Morgan fingerprint density at radius 1 is 1.24 bits per heavy atom. The smallest absolute Gasteiger partial charge is 0.258 e. The van der Waals surface area contributed by atoms with Gasteiger partial charge in [0.1, 0.15) is 0 Å². The largest absolute Gasteiger partial charge is 0.379 e. The minimum Gasteiger partial charge on any atom is -0.379 e. The summed E-state index contributed by atoms with van der Waals surface area (Å²) in [7, 11) is -3.74. The molecule has 5 rings (SSSR count). The summed E-state index contributed by atoms with van der Waals surface area (Å²) in [6, 6.07) is 13.9. The van der Waals surface area contributed by atoms with Crippen LogP contribution in [0.5, 0.6) is 0 Å². The molecule has 4 aromatic rings. The van der Waals surface area contributed by atoms with Crippen molar-refractivity contribution >= 4 is 20.9 Å². The molecule has 1 aliphatic carbocycles. The maximum atomic E-state index is 11.9. The highest BCUT2D eigenvalue weighted by molar-refractivity contribution is 7.89. The number of hydrogen-bond donors (Lipinski definition) is 2. The summed E-state index contributed by atoms with van der Waals surface area (Å²) < 4.78 is 34.3. The van der Waals surface area contributed by atoms with Gasteiger partial charge in [-0.2, -0.15) is 4.98 Å². The van der Waals surface area contributed by atoms with E-state index in [2.05, 4.69) is 51.6 Å². The predicted octanol–water partition coefficient (Wildman–Crippen LogP) is 4.19. The van der Waals surface area contributed by atoms with Crippen molar-refractivity contribution in [2.75, 3.05) is 5.94 Å².